The Morgan fingerprint density at radius 3 is 2.74 bits per heavy atom. The van der Waals surface area contributed by atoms with E-state index >= 15 is 0 Å². The molecule has 0 saturated carbocycles. The molecule has 1 heterocycles. The third-order valence-corrected chi connectivity index (χ3v) is 4.16. The Morgan fingerprint density at radius 1 is 1.26 bits per heavy atom. The van der Waals surface area contributed by atoms with E-state index in [0.717, 1.165) is 12.2 Å². The highest BCUT2D eigenvalue weighted by atomic mass is 16.6. The lowest BCUT2D eigenvalue weighted by molar-refractivity contribution is -0.385. The minimum Gasteiger partial charge on any atom is -0.494 e. The highest BCUT2D eigenvalue weighted by molar-refractivity contribution is 5.72. The predicted molar refractivity (Wildman–Crippen MR) is 98.3 cm³/mol. The number of nitrogens with zero attached hydrogens (tertiary/aromatic N) is 3. The Labute approximate surface area is 155 Å². The average Bonchev–Trinajstić information content (AvgIpc) is 3.14. The number of nitro groups is 1. The Hall–Kier alpha value is -3.66. The minimum absolute atomic E-state index is 0.0860. The Morgan fingerprint density at radius 2 is 2.04 bits per heavy atom. The van der Waals surface area contributed by atoms with Crippen LogP contribution in [0, 0.1) is 28.4 Å². The molecule has 0 N–H and O–H groups in total. The second-order valence-corrected chi connectivity index (χ2v) is 5.94. The van der Waals surface area contributed by atoms with E-state index in [9.17, 15) is 15.4 Å². The number of nitriles is 1. The van der Waals surface area contributed by atoms with Gasteiger partial charge in [-0.3, -0.25) is 10.1 Å². The van der Waals surface area contributed by atoms with Crippen LogP contribution in [0.5, 0.6) is 5.75 Å². The number of aromatic nitrogens is 1. The van der Waals surface area contributed by atoms with Gasteiger partial charge in [-0.05, 0) is 31.5 Å². The largest absolute Gasteiger partial charge is 0.494 e. The smallest absolute Gasteiger partial charge is 0.273 e. The quantitative estimate of drug-likeness (QED) is 0.349. The summed E-state index contributed by atoms with van der Waals surface area (Å²) in [4.78, 5) is 10.5. The molecule has 3 rings (SSSR count). The van der Waals surface area contributed by atoms with Gasteiger partial charge in [-0.1, -0.05) is 23.4 Å². The monoisotopic (exact) mass is 363 g/mol. The topological polar surface area (TPSA) is 102 Å². The van der Waals surface area contributed by atoms with Crippen LogP contribution in [-0.4, -0.2) is 16.7 Å². The molecule has 0 spiro atoms. The van der Waals surface area contributed by atoms with Crippen molar-refractivity contribution in [2.24, 2.45) is 0 Å². The van der Waals surface area contributed by atoms with Gasteiger partial charge in [-0.2, -0.15) is 5.26 Å². The third-order valence-electron chi connectivity index (χ3n) is 4.16. The molecule has 0 bridgehead atoms. The fraction of sp³-hybridized carbons (Fsp3) is 0.200. The van der Waals surface area contributed by atoms with Crippen LogP contribution >= 0.6 is 0 Å². The number of benzene rings is 2. The summed E-state index contributed by atoms with van der Waals surface area (Å²) < 4.78 is 11.0. The molecule has 1 aromatic heterocycles. The average molecular weight is 363 g/mol. The summed E-state index contributed by atoms with van der Waals surface area (Å²) in [5.74, 6) is 1.48. The van der Waals surface area contributed by atoms with Crippen LogP contribution in [0.3, 0.4) is 0 Å². The van der Waals surface area contributed by atoms with Gasteiger partial charge in [0.25, 0.3) is 5.69 Å². The van der Waals surface area contributed by atoms with E-state index in [0.29, 0.717) is 35.6 Å². The third kappa shape index (κ3) is 4.12. The summed E-state index contributed by atoms with van der Waals surface area (Å²) in [6, 6.07) is 16.2. The van der Waals surface area contributed by atoms with Crippen molar-refractivity contribution in [2.45, 2.75) is 19.8 Å². The van der Waals surface area contributed by atoms with Crippen LogP contribution in [0.25, 0.3) is 11.3 Å². The van der Waals surface area contributed by atoms with Gasteiger partial charge in [0.15, 0.2) is 0 Å². The molecule has 3 aromatic rings. The first-order chi connectivity index (χ1) is 13.1. The highest BCUT2D eigenvalue weighted by Gasteiger charge is 2.20. The first kappa shape index (κ1) is 18.1. The molecular weight excluding hydrogens is 346 g/mol. The van der Waals surface area contributed by atoms with Crippen molar-refractivity contribution < 1.29 is 14.2 Å². The second kappa shape index (κ2) is 8.15. The number of ether oxygens (including phenoxy) is 1. The lowest BCUT2D eigenvalue weighted by Gasteiger charge is -2.04. The lowest BCUT2D eigenvalue weighted by Crippen LogP contribution is -1.98. The maximum atomic E-state index is 11.0. The van der Waals surface area contributed by atoms with Crippen molar-refractivity contribution in [2.75, 3.05) is 6.61 Å². The molecule has 0 unspecified atom stereocenters. The maximum Gasteiger partial charge on any atom is 0.273 e. The lowest BCUT2D eigenvalue weighted by atomic mass is 9.98. The summed E-state index contributed by atoms with van der Waals surface area (Å²) in [6.07, 6.45) is 1.38. The van der Waals surface area contributed by atoms with Crippen LogP contribution < -0.4 is 4.74 Å². The van der Waals surface area contributed by atoms with Gasteiger partial charge < -0.3 is 9.26 Å². The van der Waals surface area contributed by atoms with E-state index < -0.39 is 4.92 Å². The van der Waals surface area contributed by atoms with Crippen LogP contribution in [0.1, 0.15) is 23.3 Å². The number of aryl methyl sites for hydroxylation is 1. The van der Waals surface area contributed by atoms with Crippen molar-refractivity contribution in [1.29, 1.82) is 5.26 Å². The minimum atomic E-state index is -0.499. The molecule has 0 aliphatic carbocycles. The van der Waals surface area contributed by atoms with E-state index in [1.807, 2.05) is 36.4 Å². The molecule has 7 nitrogen and oxygen atoms in total. The van der Waals surface area contributed by atoms with Crippen molar-refractivity contribution >= 4 is 5.69 Å². The van der Waals surface area contributed by atoms with Crippen molar-refractivity contribution in [3.8, 4) is 23.1 Å². The normalized spacial score (nSPS) is 10.4. The Balaban J connectivity index is 1.68. The maximum absolute atomic E-state index is 11.0. The van der Waals surface area contributed by atoms with Gasteiger partial charge in [-0.15, -0.1) is 0 Å². The second-order valence-electron chi connectivity index (χ2n) is 5.94. The number of nitro benzene ring substituents is 1. The molecule has 0 aliphatic rings. The molecule has 0 amide bonds. The molecule has 27 heavy (non-hydrogen) atoms. The number of hydrogen-bond donors (Lipinski definition) is 0. The van der Waals surface area contributed by atoms with Gasteiger partial charge in [0.2, 0.25) is 0 Å². The van der Waals surface area contributed by atoms with E-state index in [4.69, 9.17) is 9.26 Å². The molecule has 136 valence electrons. The van der Waals surface area contributed by atoms with Gasteiger partial charge in [0.1, 0.15) is 23.3 Å². The van der Waals surface area contributed by atoms with Crippen molar-refractivity contribution in [3.63, 3.8) is 0 Å². The van der Waals surface area contributed by atoms with Crippen LogP contribution in [-0.2, 0) is 6.42 Å². The summed E-state index contributed by atoms with van der Waals surface area (Å²) in [5.41, 5.74) is 1.48. The first-order valence-electron chi connectivity index (χ1n) is 8.42. The Bertz CT molecular complexity index is 990. The molecule has 0 radical (unpaired) electrons. The number of para-hydroxylation sites is 1. The van der Waals surface area contributed by atoms with Gasteiger partial charge in [-0.25, -0.2) is 0 Å². The molecular formula is C20H17N3O4. The summed E-state index contributed by atoms with van der Waals surface area (Å²) in [6.45, 7) is 2.10. The fourth-order valence-electron chi connectivity index (χ4n) is 2.77. The van der Waals surface area contributed by atoms with Crippen LogP contribution in [0.2, 0.25) is 0 Å². The number of rotatable bonds is 7. The molecule has 7 heteroatoms. The van der Waals surface area contributed by atoms with Gasteiger partial charge in [0.05, 0.1) is 17.1 Å². The van der Waals surface area contributed by atoms with Gasteiger partial charge in [0, 0.05) is 29.7 Å². The zero-order chi connectivity index (χ0) is 19.2. The van der Waals surface area contributed by atoms with Gasteiger partial charge >= 0.3 is 0 Å². The zero-order valence-electron chi connectivity index (χ0n) is 14.7. The van der Waals surface area contributed by atoms with Crippen molar-refractivity contribution in [1.82, 2.24) is 5.16 Å². The number of hydrogen-bond acceptors (Lipinski definition) is 6. The van der Waals surface area contributed by atoms with E-state index in [2.05, 4.69) is 5.16 Å². The summed E-state index contributed by atoms with van der Waals surface area (Å²) in [5, 5.41) is 24.5. The summed E-state index contributed by atoms with van der Waals surface area (Å²) >= 11 is 0. The SMILES string of the molecule is Cc1c([N+](=O)[O-])ccc(-c2cc(CCCOc3ccccc3)on2)c1C#N. The zero-order valence-corrected chi connectivity index (χ0v) is 14.7. The van der Waals surface area contributed by atoms with E-state index in [1.54, 1.807) is 13.0 Å². The van der Waals surface area contributed by atoms with Crippen LogP contribution in [0.4, 0.5) is 5.69 Å². The standard InChI is InChI=1S/C20H17N3O4/c1-14-18(13-21)17(9-10-20(14)23(24)25)19-12-16(27-22-19)8-5-11-26-15-6-3-2-4-7-15/h2-4,6-7,9-10,12H,5,8,11H2,1H3. The fourth-order valence-corrected chi connectivity index (χ4v) is 2.77. The molecule has 0 saturated heterocycles. The molecule has 0 fully saturated rings. The van der Waals surface area contributed by atoms with E-state index in [-0.39, 0.29) is 11.3 Å². The molecule has 0 atom stereocenters. The Kier molecular flexibility index (Phi) is 5.47. The van der Waals surface area contributed by atoms with Crippen molar-refractivity contribution in [3.05, 3.63) is 75.5 Å². The first-order valence-corrected chi connectivity index (χ1v) is 8.42. The molecule has 0 aliphatic heterocycles. The van der Waals surface area contributed by atoms with E-state index in [1.165, 1.54) is 12.1 Å². The highest BCUT2D eigenvalue weighted by Crippen LogP contribution is 2.31. The van der Waals surface area contributed by atoms with Crippen LogP contribution in [0.15, 0.2) is 53.1 Å². The molecule has 2 aromatic carbocycles. The summed E-state index contributed by atoms with van der Waals surface area (Å²) in [7, 11) is 0. The predicted octanol–water partition coefficient (Wildman–Crippen LogP) is 4.44.